The number of nitrogens with zero attached hydrogens (tertiary/aromatic N) is 5. The summed E-state index contributed by atoms with van der Waals surface area (Å²) in [6.45, 7) is 9.46. The number of nitriles is 1. The molecule has 0 unspecified atom stereocenters. The number of aromatic nitrogens is 1. The first-order valence-corrected chi connectivity index (χ1v) is 11.0. The second kappa shape index (κ2) is 9.02. The molecule has 0 aromatic carbocycles. The van der Waals surface area contributed by atoms with E-state index < -0.39 is 0 Å². The van der Waals surface area contributed by atoms with Gasteiger partial charge in [-0.25, -0.2) is 4.79 Å². The van der Waals surface area contributed by atoms with E-state index in [9.17, 15) is 10.1 Å². The summed E-state index contributed by atoms with van der Waals surface area (Å²) in [4.78, 5) is 23.2. The van der Waals surface area contributed by atoms with Crippen LogP contribution in [0.1, 0.15) is 38.8 Å². The number of nitrogens with one attached hydrogen (secondary N) is 1. The average molecular weight is 427 g/mol. The average Bonchev–Trinajstić information content (AvgIpc) is 3.48. The minimum absolute atomic E-state index is 0.0425. The van der Waals surface area contributed by atoms with E-state index in [1.807, 2.05) is 9.80 Å². The molecule has 2 aliphatic heterocycles. The summed E-state index contributed by atoms with van der Waals surface area (Å²) in [7, 11) is 0. The number of likely N-dealkylation sites (tertiary alicyclic amines) is 1. The number of hydrogen-bond donors (Lipinski definition) is 1. The quantitative estimate of drug-likeness (QED) is 0.784. The number of amides is 2. The Morgan fingerprint density at radius 1 is 1.19 bits per heavy atom. The lowest BCUT2D eigenvalue weighted by molar-refractivity contribution is 0.0937. The molecule has 9 nitrogen and oxygen atoms in total. The van der Waals surface area contributed by atoms with Crippen LogP contribution in [-0.2, 0) is 0 Å². The topological polar surface area (TPSA) is 102 Å². The number of rotatable bonds is 5. The molecule has 2 fully saturated rings. The van der Waals surface area contributed by atoms with E-state index in [1.165, 1.54) is 25.5 Å². The first-order chi connectivity index (χ1) is 15.0. The van der Waals surface area contributed by atoms with Gasteiger partial charge in [-0.1, -0.05) is 6.42 Å². The van der Waals surface area contributed by atoms with Crippen molar-refractivity contribution in [3.63, 3.8) is 0 Å². The predicted octanol–water partition coefficient (Wildman–Crippen LogP) is 2.90. The number of carbonyl (C=O) groups is 1. The summed E-state index contributed by atoms with van der Waals surface area (Å²) in [5.41, 5.74) is 0.175. The fourth-order valence-corrected chi connectivity index (χ4v) is 4.23. The number of furan rings is 1. The highest BCUT2D eigenvalue weighted by molar-refractivity contribution is 5.74. The summed E-state index contributed by atoms with van der Waals surface area (Å²) in [5, 5.41) is 12.6. The molecule has 2 amide bonds. The second-order valence-corrected chi connectivity index (χ2v) is 8.75. The first kappa shape index (κ1) is 21.2. The van der Waals surface area contributed by atoms with Gasteiger partial charge < -0.3 is 24.0 Å². The zero-order chi connectivity index (χ0) is 21.8. The van der Waals surface area contributed by atoms with Crippen molar-refractivity contribution in [1.82, 2.24) is 20.1 Å². The number of piperidine rings is 1. The Labute approximate surface area is 182 Å². The van der Waals surface area contributed by atoms with E-state index in [1.54, 1.807) is 12.1 Å². The van der Waals surface area contributed by atoms with Gasteiger partial charge in [-0.15, -0.1) is 0 Å². The molecule has 2 saturated heterocycles. The van der Waals surface area contributed by atoms with E-state index in [0.717, 1.165) is 13.1 Å². The Morgan fingerprint density at radius 3 is 2.58 bits per heavy atom. The number of anilines is 1. The maximum absolute atomic E-state index is 12.7. The van der Waals surface area contributed by atoms with Crippen molar-refractivity contribution in [2.24, 2.45) is 0 Å². The molecule has 0 radical (unpaired) electrons. The van der Waals surface area contributed by atoms with E-state index >= 15 is 0 Å². The molecule has 2 aromatic heterocycles. The van der Waals surface area contributed by atoms with E-state index in [2.05, 4.69) is 35.1 Å². The van der Waals surface area contributed by atoms with Crippen LogP contribution in [0.15, 0.2) is 27.2 Å². The van der Waals surface area contributed by atoms with Crippen LogP contribution in [0.25, 0.3) is 11.7 Å². The Bertz CT molecular complexity index is 916. The van der Waals surface area contributed by atoms with Crippen LogP contribution >= 0.6 is 0 Å². The standard InChI is InChI=1S/C22H30N6O3/c1-22(2,28-8-4-3-5-9-28)16-24-21(29)27-12-10-26(11-13-27)20-17(15-23)25-19(31-20)18-7-6-14-30-18/h6-7,14H,3-5,8-13,16H2,1-2H3,(H,24,29). The molecule has 166 valence electrons. The number of urea groups is 1. The maximum Gasteiger partial charge on any atom is 0.317 e. The van der Waals surface area contributed by atoms with Crippen molar-refractivity contribution in [3.05, 3.63) is 24.1 Å². The van der Waals surface area contributed by atoms with Gasteiger partial charge in [-0.3, -0.25) is 4.90 Å². The van der Waals surface area contributed by atoms with E-state index in [4.69, 9.17) is 8.83 Å². The number of hydrogen-bond acceptors (Lipinski definition) is 7. The molecule has 0 aliphatic carbocycles. The van der Waals surface area contributed by atoms with Crippen LogP contribution in [0.3, 0.4) is 0 Å². The van der Waals surface area contributed by atoms with Gasteiger partial charge in [0.25, 0.3) is 5.89 Å². The highest BCUT2D eigenvalue weighted by Crippen LogP contribution is 2.29. The summed E-state index contributed by atoms with van der Waals surface area (Å²) in [5.74, 6) is 1.20. The molecule has 0 spiro atoms. The van der Waals surface area contributed by atoms with Gasteiger partial charge in [0.1, 0.15) is 6.07 Å². The molecule has 4 heterocycles. The SMILES string of the molecule is CC(C)(CNC(=O)N1CCN(c2oc(-c3ccco3)nc2C#N)CC1)N1CCCCC1. The van der Waals surface area contributed by atoms with Crippen LogP contribution in [0, 0.1) is 11.3 Å². The lowest BCUT2D eigenvalue weighted by Gasteiger charge is -2.41. The van der Waals surface area contributed by atoms with Crippen LogP contribution < -0.4 is 10.2 Å². The Kier molecular flexibility index (Phi) is 6.18. The molecule has 0 atom stereocenters. The monoisotopic (exact) mass is 426 g/mol. The maximum atomic E-state index is 12.7. The third-order valence-corrected chi connectivity index (χ3v) is 6.19. The Morgan fingerprint density at radius 2 is 1.94 bits per heavy atom. The summed E-state index contributed by atoms with van der Waals surface area (Å²) in [6, 6.07) is 5.53. The number of carbonyl (C=O) groups excluding carboxylic acids is 1. The lowest BCUT2D eigenvalue weighted by atomic mass is 9.98. The van der Waals surface area contributed by atoms with Crippen molar-refractivity contribution >= 4 is 11.9 Å². The van der Waals surface area contributed by atoms with Gasteiger partial charge in [0.05, 0.1) is 6.26 Å². The highest BCUT2D eigenvalue weighted by atomic mass is 16.4. The van der Waals surface area contributed by atoms with Crippen molar-refractivity contribution < 1.29 is 13.6 Å². The molecular weight excluding hydrogens is 396 g/mol. The van der Waals surface area contributed by atoms with Gasteiger partial charge in [0.15, 0.2) is 5.76 Å². The smallest absolute Gasteiger partial charge is 0.317 e. The number of piperazine rings is 1. The van der Waals surface area contributed by atoms with Crippen LogP contribution in [0.4, 0.5) is 10.7 Å². The molecule has 2 aromatic rings. The van der Waals surface area contributed by atoms with Crippen LogP contribution in [-0.4, -0.2) is 72.2 Å². The van der Waals surface area contributed by atoms with Gasteiger partial charge in [0.2, 0.25) is 11.6 Å². The minimum atomic E-state index is -0.0539. The Hall–Kier alpha value is -2.99. The predicted molar refractivity (Wildman–Crippen MR) is 116 cm³/mol. The summed E-state index contributed by atoms with van der Waals surface area (Å²) >= 11 is 0. The second-order valence-electron chi connectivity index (χ2n) is 8.75. The zero-order valence-electron chi connectivity index (χ0n) is 18.3. The third kappa shape index (κ3) is 4.69. The molecule has 4 rings (SSSR count). The van der Waals surface area contributed by atoms with Gasteiger partial charge in [0, 0.05) is 38.3 Å². The van der Waals surface area contributed by atoms with Gasteiger partial charge in [-0.2, -0.15) is 10.2 Å². The molecule has 1 N–H and O–H groups in total. The van der Waals surface area contributed by atoms with Crippen LogP contribution in [0.2, 0.25) is 0 Å². The molecule has 2 aliphatic rings. The molecule has 31 heavy (non-hydrogen) atoms. The minimum Gasteiger partial charge on any atom is -0.459 e. The van der Waals surface area contributed by atoms with Crippen molar-refractivity contribution in [3.8, 4) is 17.7 Å². The van der Waals surface area contributed by atoms with E-state index in [0.29, 0.717) is 44.4 Å². The summed E-state index contributed by atoms with van der Waals surface area (Å²) in [6.07, 6.45) is 5.29. The molecular formula is C22H30N6O3. The fraction of sp³-hybridized carbons (Fsp3) is 0.591. The number of oxazole rings is 1. The van der Waals surface area contributed by atoms with Crippen LogP contribution in [0.5, 0.6) is 0 Å². The Balaban J connectivity index is 1.31. The lowest BCUT2D eigenvalue weighted by Crippen LogP contribution is -2.57. The molecule has 0 bridgehead atoms. The highest BCUT2D eigenvalue weighted by Gasteiger charge is 2.30. The zero-order valence-corrected chi connectivity index (χ0v) is 18.3. The van der Waals surface area contributed by atoms with Crippen molar-refractivity contribution in [2.45, 2.75) is 38.6 Å². The van der Waals surface area contributed by atoms with Gasteiger partial charge >= 0.3 is 6.03 Å². The fourth-order valence-electron chi connectivity index (χ4n) is 4.23. The van der Waals surface area contributed by atoms with Crippen molar-refractivity contribution in [1.29, 1.82) is 5.26 Å². The summed E-state index contributed by atoms with van der Waals surface area (Å²) < 4.78 is 11.1. The largest absolute Gasteiger partial charge is 0.459 e. The first-order valence-electron chi connectivity index (χ1n) is 11.0. The van der Waals surface area contributed by atoms with E-state index in [-0.39, 0.29) is 23.2 Å². The molecule has 9 heteroatoms. The normalized spacial score (nSPS) is 18.1. The third-order valence-electron chi connectivity index (χ3n) is 6.19. The van der Waals surface area contributed by atoms with Gasteiger partial charge in [-0.05, 0) is 51.9 Å². The molecule has 0 saturated carbocycles. The van der Waals surface area contributed by atoms with Crippen molar-refractivity contribution in [2.75, 3.05) is 50.7 Å².